The summed E-state index contributed by atoms with van der Waals surface area (Å²) in [5.41, 5.74) is 7.11. The monoisotopic (exact) mass is 424 g/mol. The maximum absolute atomic E-state index is 14.2. The van der Waals surface area contributed by atoms with Crippen LogP contribution in [0.25, 0.3) is 0 Å². The minimum atomic E-state index is -0.972. The Bertz CT molecular complexity index is 918. The van der Waals surface area contributed by atoms with Crippen LogP contribution in [0.5, 0.6) is 11.5 Å². The van der Waals surface area contributed by atoms with Crippen molar-refractivity contribution >= 4 is 28.8 Å². The van der Waals surface area contributed by atoms with Crippen molar-refractivity contribution in [3.63, 3.8) is 0 Å². The molecule has 0 bridgehead atoms. The largest absolute Gasteiger partial charge is 0.493 e. The number of hydrogen-bond donors (Lipinski definition) is 3. The van der Waals surface area contributed by atoms with Crippen LogP contribution in [0.3, 0.4) is 0 Å². The number of hydrogen-bond acceptors (Lipinski definition) is 5. The number of aliphatic imine (C=N–C) groups is 1. The van der Waals surface area contributed by atoms with Crippen LogP contribution >= 0.6 is 11.6 Å². The highest BCUT2D eigenvalue weighted by molar-refractivity contribution is 6.31. The smallest absolute Gasteiger partial charge is 0.170 e. The molecule has 1 aliphatic rings. The molecule has 0 aromatic heterocycles. The summed E-state index contributed by atoms with van der Waals surface area (Å²) >= 11 is 5.63. The molecule has 0 amide bonds. The lowest BCUT2D eigenvalue weighted by Crippen LogP contribution is -2.34. The van der Waals surface area contributed by atoms with Gasteiger partial charge in [0.15, 0.2) is 17.3 Å². The summed E-state index contributed by atoms with van der Waals surface area (Å²) in [5.74, 6) is -0.752. The maximum atomic E-state index is 14.2. The number of anilines is 1. The van der Waals surface area contributed by atoms with E-state index in [-0.39, 0.29) is 17.6 Å². The third kappa shape index (κ3) is 4.71. The number of benzene rings is 2. The number of piperidine rings is 1. The normalized spacial score (nSPS) is 15.3. The van der Waals surface area contributed by atoms with Crippen molar-refractivity contribution in [2.45, 2.75) is 18.9 Å². The Morgan fingerprint density at radius 1 is 1.24 bits per heavy atom. The third-order valence-electron chi connectivity index (χ3n) is 4.68. The molecule has 0 atom stereocenters. The number of rotatable bonds is 6. The number of halogens is 3. The van der Waals surface area contributed by atoms with Gasteiger partial charge in [-0.05, 0) is 44.1 Å². The Kier molecular flexibility index (Phi) is 6.76. The van der Waals surface area contributed by atoms with E-state index in [1.165, 1.54) is 6.07 Å². The first-order valence-corrected chi connectivity index (χ1v) is 9.57. The molecular weight excluding hydrogens is 402 g/mol. The number of methoxy groups -OCH3 is 1. The van der Waals surface area contributed by atoms with Crippen LogP contribution in [-0.4, -0.2) is 39.2 Å². The van der Waals surface area contributed by atoms with Crippen LogP contribution in [0, 0.1) is 11.6 Å². The van der Waals surface area contributed by atoms with Crippen molar-refractivity contribution in [1.82, 2.24) is 5.32 Å². The number of nitrogens with one attached hydrogen (secondary N) is 2. The van der Waals surface area contributed by atoms with E-state index in [1.807, 2.05) is 0 Å². The fraction of sp³-hybridized carbons (Fsp3) is 0.350. The standard InChI is InChI=1S/C20H23ClF2N4O2/c1-25-15-10-16(28-2)17(29-11-5-7-26-8-6-11)9-12(15)20(24)27-14-4-3-13(22)18(21)19(14)23/h3-4,9-11,25-26H,5-8H2,1-2H3,(H2,24,27). The van der Waals surface area contributed by atoms with Gasteiger partial charge in [0.05, 0.1) is 7.11 Å². The van der Waals surface area contributed by atoms with Crippen LogP contribution in [0.4, 0.5) is 20.2 Å². The third-order valence-corrected chi connectivity index (χ3v) is 5.03. The fourth-order valence-corrected chi connectivity index (χ4v) is 3.28. The van der Waals surface area contributed by atoms with Crippen molar-refractivity contribution in [3.8, 4) is 11.5 Å². The lowest BCUT2D eigenvalue weighted by molar-refractivity contribution is 0.156. The average Bonchev–Trinajstić information content (AvgIpc) is 2.74. The lowest BCUT2D eigenvalue weighted by atomic mass is 10.1. The molecule has 3 rings (SSSR count). The fourth-order valence-electron chi connectivity index (χ4n) is 3.12. The first-order valence-electron chi connectivity index (χ1n) is 9.19. The molecule has 1 aliphatic heterocycles. The van der Waals surface area contributed by atoms with Crippen molar-refractivity contribution < 1.29 is 18.3 Å². The minimum absolute atomic E-state index is 0.0220. The zero-order chi connectivity index (χ0) is 21.0. The highest BCUT2D eigenvalue weighted by Gasteiger charge is 2.20. The summed E-state index contributed by atoms with van der Waals surface area (Å²) < 4.78 is 39.2. The van der Waals surface area contributed by atoms with E-state index in [0.717, 1.165) is 32.0 Å². The van der Waals surface area contributed by atoms with E-state index < -0.39 is 16.7 Å². The molecule has 0 radical (unpaired) electrons. The summed E-state index contributed by atoms with van der Waals surface area (Å²) in [4.78, 5) is 4.10. The second-order valence-corrected chi connectivity index (χ2v) is 6.94. The zero-order valence-electron chi connectivity index (χ0n) is 16.2. The quantitative estimate of drug-likeness (QED) is 0.373. The summed E-state index contributed by atoms with van der Waals surface area (Å²) in [6, 6.07) is 5.66. The van der Waals surface area contributed by atoms with Gasteiger partial charge in [-0.3, -0.25) is 0 Å². The Morgan fingerprint density at radius 2 is 1.97 bits per heavy atom. The number of ether oxygens (including phenoxy) is 2. The average molecular weight is 425 g/mol. The van der Waals surface area contributed by atoms with E-state index >= 15 is 0 Å². The first-order chi connectivity index (χ1) is 13.9. The Balaban J connectivity index is 2.00. The van der Waals surface area contributed by atoms with Gasteiger partial charge in [-0.15, -0.1) is 0 Å². The van der Waals surface area contributed by atoms with Crippen LogP contribution < -0.4 is 25.8 Å². The molecule has 0 aliphatic carbocycles. The van der Waals surface area contributed by atoms with Gasteiger partial charge in [-0.1, -0.05) is 11.6 Å². The molecule has 0 unspecified atom stereocenters. The van der Waals surface area contributed by atoms with Gasteiger partial charge in [0, 0.05) is 24.4 Å². The second kappa shape index (κ2) is 9.28. The Morgan fingerprint density at radius 3 is 2.62 bits per heavy atom. The highest BCUT2D eigenvalue weighted by atomic mass is 35.5. The van der Waals surface area contributed by atoms with E-state index in [9.17, 15) is 8.78 Å². The second-order valence-electron chi connectivity index (χ2n) is 6.56. The number of nitrogens with zero attached hydrogens (tertiary/aromatic N) is 1. The van der Waals surface area contributed by atoms with Crippen molar-refractivity contribution in [2.24, 2.45) is 10.7 Å². The van der Waals surface area contributed by atoms with Gasteiger partial charge in [-0.25, -0.2) is 13.8 Å². The Hall–Kier alpha value is -2.58. The molecule has 1 heterocycles. The van der Waals surface area contributed by atoms with Crippen LogP contribution in [0.15, 0.2) is 29.3 Å². The van der Waals surface area contributed by atoms with Gasteiger partial charge in [0.1, 0.15) is 28.5 Å². The first kappa shape index (κ1) is 21.1. The molecule has 4 N–H and O–H groups in total. The van der Waals surface area contributed by atoms with E-state index in [2.05, 4.69) is 15.6 Å². The minimum Gasteiger partial charge on any atom is -0.493 e. The summed E-state index contributed by atoms with van der Waals surface area (Å²) in [7, 11) is 3.27. The Labute approximate surface area is 173 Å². The molecule has 0 saturated carbocycles. The van der Waals surface area contributed by atoms with Crippen LogP contribution in [0.1, 0.15) is 18.4 Å². The van der Waals surface area contributed by atoms with Gasteiger partial charge in [0.2, 0.25) is 0 Å². The van der Waals surface area contributed by atoms with Gasteiger partial charge in [0.25, 0.3) is 0 Å². The van der Waals surface area contributed by atoms with Crippen LogP contribution in [-0.2, 0) is 0 Å². The van der Waals surface area contributed by atoms with Gasteiger partial charge < -0.3 is 25.8 Å². The van der Waals surface area contributed by atoms with Crippen LogP contribution in [0.2, 0.25) is 5.02 Å². The summed E-state index contributed by atoms with van der Waals surface area (Å²) in [6.45, 7) is 1.76. The number of amidine groups is 1. The van der Waals surface area contributed by atoms with E-state index in [1.54, 1.807) is 26.3 Å². The van der Waals surface area contributed by atoms with Crippen molar-refractivity contribution in [2.75, 3.05) is 32.6 Å². The SMILES string of the molecule is CNc1cc(OC)c(OC2CCNCC2)cc1C(N)=Nc1ccc(F)c(Cl)c1F. The van der Waals surface area contributed by atoms with E-state index in [4.69, 9.17) is 26.8 Å². The van der Waals surface area contributed by atoms with Gasteiger partial charge in [-0.2, -0.15) is 0 Å². The van der Waals surface area contributed by atoms with Crippen molar-refractivity contribution in [1.29, 1.82) is 0 Å². The molecule has 2 aromatic carbocycles. The predicted molar refractivity (Wildman–Crippen MR) is 111 cm³/mol. The van der Waals surface area contributed by atoms with Crippen molar-refractivity contribution in [3.05, 3.63) is 46.5 Å². The molecule has 156 valence electrons. The molecule has 29 heavy (non-hydrogen) atoms. The molecule has 0 spiro atoms. The summed E-state index contributed by atoms with van der Waals surface area (Å²) in [6.07, 6.45) is 1.79. The molecule has 2 aromatic rings. The molecule has 6 nitrogen and oxygen atoms in total. The number of nitrogens with two attached hydrogens (primary N) is 1. The van der Waals surface area contributed by atoms with E-state index in [0.29, 0.717) is 22.7 Å². The zero-order valence-corrected chi connectivity index (χ0v) is 16.9. The molecule has 9 heteroatoms. The predicted octanol–water partition coefficient (Wildman–Crippen LogP) is 3.84. The van der Waals surface area contributed by atoms with Gasteiger partial charge >= 0.3 is 0 Å². The molecular formula is C20H23ClF2N4O2. The highest BCUT2D eigenvalue weighted by Crippen LogP contribution is 2.36. The summed E-state index contributed by atoms with van der Waals surface area (Å²) in [5, 5.41) is 5.67. The molecule has 1 fully saturated rings. The maximum Gasteiger partial charge on any atom is 0.170 e. The molecule has 1 saturated heterocycles. The topological polar surface area (TPSA) is 80.9 Å². The lowest BCUT2D eigenvalue weighted by Gasteiger charge is -2.25.